The van der Waals surface area contributed by atoms with Crippen LogP contribution >= 0.6 is 0 Å². The minimum Gasteiger partial charge on any atom is -0.381 e. The highest BCUT2D eigenvalue weighted by Crippen LogP contribution is 2.47. The molecule has 1 aliphatic carbocycles. The van der Waals surface area contributed by atoms with Crippen molar-refractivity contribution in [3.63, 3.8) is 0 Å². The summed E-state index contributed by atoms with van der Waals surface area (Å²) >= 11 is 0. The van der Waals surface area contributed by atoms with E-state index in [0.717, 1.165) is 51.4 Å². The lowest BCUT2D eigenvalue weighted by Gasteiger charge is -2.53. The number of rotatable bonds is 1. The van der Waals surface area contributed by atoms with Crippen molar-refractivity contribution in [3.05, 3.63) is 0 Å². The van der Waals surface area contributed by atoms with E-state index >= 15 is 0 Å². The zero-order valence-corrected chi connectivity index (χ0v) is 13.2. The van der Waals surface area contributed by atoms with Gasteiger partial charge in [-0.1, -0.05) is 13.8 Å². The molecule has 2 aliphatic heterocycles. The number of hydrogen-bond acceptors (Lipinski definition) is 3. The van der Waals surface area contributed by atoms with Gasteiger partial charge in [0.1, 0.15) is 0 Å². The molecule has 3 fully saturated rings. The smallest absolute Gasteiger partial charge is 0.0729 e. The molecule has 20 heavy (non-hydrogen) atoms. The van der Waals surface area contributed by atoms with E-state index in [1.54, 1.807) is 0 Å². The first kappa shape index (κ1) is 14.8. The molecule has 0 amide bonds. The summed E-state index contributed by atoms with van der Waals surface area (Å²) in [6.07, 6.45) is 8.23. The minimum atomic E-state index is 0.0432. The first-order valence-corrected chi connectivity index (χ1v) is 8.55. The Hall–Kier alpha value is -0.120. The van der Waals surface area contributed by atoms with Crippen molar-refractivity contribution in [1.82, 2.24) is 0 Å². The molecule has 0 aromatic heterocycles. The second-order valence-electron chi connectivity index (χ2n) is 7.73. The van der Waals surface area contributed by atoms with Crippen LogP contribution in [0.4, 0.5) is 0 Å². The third-order valence-electron chi connectivity index (χ3n) is 6.40. The van der Waals surface area contributed by atoms with Gasteiger partial charge in [0.05, 0.1) is 5.60 Å². The van der Waals surface area contributed by atoms with Gasteiger partial charge < -0.3 is 15.2 Å². The second kappa shape index (κ2) is 5.58. The first-order chi connectivity index (χ1) is 9.54. The van der Waals surface area contributed by atoms with Crippen molar-refractivity contribution in [1.29, 1.82) is 0 Å². The zero-order chi connectivity index (χ0) is 14.2. The summed E-state index contributed by atoms with van der Waals surface area (Å²) in [4.78, 5) is 0. The monoisotopic (exact) mass is 281 g/mol. The van der Waals surface area contributed by atoms with Gasteiger partial charge in [-0.25, -0.2) is 0 Å². The average molecular weight is 281 g/mol. The molecule has 3 rings (SSSR count). The molecule has 2 saturated heterocycles. The van der Waals surface area contributed by atoms with Crippen molar-refractivity contribution < 1.29 is 9.47 Å². The Morgan fingerprint density at radius 2 is 1.75 bits per heavy atom. The van der Waals surface area contributed by atoms with Crippen LogP contribution in [0.15, 0.2) is 0 Å². The van der Waals surface area contributed by atoms with Crippen LogP contribution in [0.5, 0.6) is 0 Å². The summed E-state index contributed by atoms with van der Waals surface area (Å²) in [7, 11) is 0. The third kappa shape index (κ3) is 2.65. The maximum Gasteiger partial charge on any atom is 0.0729 e. The van der Waals surface area contributed by atoms with E-state index in [-0.39, 0.29) is 11.1 Å². The van der Waals surface area contributed by atoms with Gasteiger partial charge in [-0.3, -0.25) is 0 Å². The fraction of sp³-hybridized carbons (Fsp3) is 1.00. The second-order valence-corrected chi connectivity index (χ2v) is 7.73. The van der Waals surface area contributed by atoms with E-state index in [1.807, 2.05) is 0 Å². The summed E-state index contributed by atoms with van der Waals surface area (Å²) in [6.45, 7) is 7.36. The van der Waals surface area contributed by atoms with Gasteiger partial charge in [0.2, 0.25) is 0 Å². The van der Waals surface area contributed by atoms with Crippen LogP contribution in [-0.2, 0) is 9.47 Å². The molecule has 1 spiro atoms. The first-order valence-electron chi connectivity index (χ1n) is 8.55. The van der Waals surface area contributed by atoms with Crippen molar-refractivity contribution in [3.8, 4) is 0 Å². The predicted molar refractivity (Wildman–Crippen MR) is 80.6 cm³/mol. The molecule has 0 aromatic carbocycles. The normalized spacial score (nSPS) is 45.5. The Balaban J connectivity index is 1.72. The molecular weight excluding hydrogens is 250 g/mol. The zero-order valence-electron chi connectivity index (χ0n) is 13.2. The quantitative estimate of drug-likeness (QED) is 0.803. The van der Waals surface area contributed by atoms with Crippen LogP contribution in [-0.4, -0.2) is 31.0 Å². The van der Waals surface area contributed by atoms with Gasteiger partial charge in [0, 0.05) is 25.4 Å². The summed E-state index contributed by atoms with van der Waals surface area (Å²) in [5, 5.41) is 0. The van der Waals surface area contributed by atoms with Crippen molar-refractivity contribution >= 4 is 0 Å². The van der Waals surface area contributed by atoms with E-state index in [0.29, 0.717) is 11.8 Å². The third-order valence-corrected chi connectivity index (χ3v) is 6.40. The van der Waals surface area contributed by atoms with Crippen LogP contribution in [0.1, 0.15) is 58.8 Å². The van der Waals surface area contributed by atoms with Crippen LogP contribution in [0.25, 0.3) is 0 Å². The lowest BCUT2D eigenvalue weighted by atomic mass is 9.60. The number of ether oxygens (including phenoxy) is 2. The van der Waals surface area contributed by atoms with Crippen molar-refractivity contribution in [2.45, 2.75) is 69.9 Å². The largest absolute Gasteiger partial charge is 0.381 e. The minimum absolute atomic E-state index is 0.0432. The standard InChI is InChI=1S/C17H31NO2/c1-13-3-5-17(18,14(2)11-13)15-4-8-20-16(12-15)6-9-19-10-7-16/h13-15H,3-12,18H2,1-2H3. The van der Waals surface area contributed by atoms with Crippen LogP contribution in [0, 0.1) is 17.8 Å². The van der Waals surface area contributed by atoms with E-state index in [1.165, 1.54) is 19.3 Å². The fourth-order valence-corrected chi connectivity index (χ4v) is 4.87. The molecule has 0 aromatic rings. The molecule has 0 bridgehead atoms. The highest BCUT2D eigenvalue weighted by molar-refractivity contribution is 5.03. The number of nitrogens with two attached hydrogens (primary N) is 1. The Morgan fingerprint density at radius 1 is 1.00 bits per heavy atom. The Morgan fingerprint density at radius 3 is 2.45 bits per heavy atom. The molecular formula is C17H31NO2. The SMILES string of the molecule is CC1CCC(N)(C2CCOC3(CCOCC3)C2)C(C)C1. The topological polar surface area (TPSA) is 44.5 Å². The molecule has 1 saturated carbocycles. The predicted octanol–water partition coefficient (Wildman–Crippen LogP) is 3.12. The van der Waals surface area contributed by atoms with Crippen LogP contribution in [0.3, 0.4) is 0 Å². The lowest BCUT2D eigenvalue weighted by molar-refractivity contribution is -0.159. The maximum absolute atomic E-state index is 6.94. The van der Waals surface area contributed by atoms with E-state index < -0.39 is 0 Å². The van der Waals surface area contributed by atoms with Crippen LogP contribution < -0.4 is 5.73 Å². The lowest BCUT2D eigenvalue weighted by Crippen LogP contribution is -2.59. The summed E-state index contributed by atoms with van der Waals surface area (Å²) in [5.41, 5.74) is 7.07. The molecule has 2 heterocycles. The van der Waals surface area contributed by atoms with E-state index in [4.69, 9.17) is 15.2 Å². The molecule has 4 unspecified atom stereocenters. The summed E-state index contributed by atoms with van der Waals surface area (Å²) in [5.74, 6) is 2.13. The molecule has 3 aliphatic rings. The Kier molecular flexibility index (Phi) is 4.13. The highest BCUT2D eigenvalue weighted by Gasteiger charge is 2.48. The molecule has 0 radical (unpaired) electrons. The number of hydrogen-bond donors (Lipinski definition) is 1. The molecule has 2 N–H and O–H groups in total. The Labute approximate surface area is 123 Å². The Bertz CT molecular complexity index is 334. The summed E-state index contributed by atoms with van der Waals surface area (Å²) < 4.78 is 11.7. The van der Waals surface area contributed by atoms with Crippen molar-refractivity contribution in [2.24, 2.45) is 23.5 Å². The molecule has 3 nitrogen and oxygen atoms in total. The van der Waals surface area contributed by atoms with Gasteiger partial charge >= 0.3 is 0 Å². The van der Waals surface area contributed by atoms with E-state index in [2.05, 4.69) is 13.8 Å². The van der Waals surface area contributed by atoms with Crippen LogP contribution in [0.2, 0.25) is 0 Å². The molecule has 3 heteroatoms. The van der Waals surface area contributed by atoms with Gasteiger partial charge in [0.25, 0.3) is 0 Å². The molecule has 4 atom stereocenters. The van der Waals surface area contributed by atoms with E-state index in [9.17, 15) is 0 Å². The highest BCUT2D eigenvalue weighted by atomic mass is 16.5. The van der Waals surface area contributed by atoms with Crippen molar-refractivity contribution in [2.75, 3.05) is 19.8 Å². The van der Waals surface area contributed by atoms with Gasteiger partial charge in [-0.15, -0.1) is 0 Å². The maximum atomic E-state index is 6.94. The summed E-state index contributed by atoms with van der Waals surface area (Å²) in [6, 6.07) is 0. The average Bonchev–Trinajstić information content (AvgIpc) is 2.44. The van der Waals surface area contributed by atoms with Gasteiger partial charge in [0.15, 0.2) is 0 Å². The molecule has 116 valence electrons. The fourth-order valence-electron chi connectivity index (χ4n) is 4.87. The van der Waals surface area contributed by atoms with Gasteiger partial charge in [-0.2, -0.15) is 0 Å². The van der Waals surface area contributed by atoms with Gasteiger partial charge in [-0.05, 0) is 62.7 Å².